The lowest BCUT2D eigenvalue weighted by molar-refractivity contribution is -0.144. The molecule has 0 radical (unpaired) electrons. The van der Waals surface area contributed by atoms with Crippen LogP contribution in [0.2, 0.25) is 0 Å². The highest BCUT2D eigenvalue weighted by Gasteiger charge is 2.37. The van der Waals surface area contributed by atoms with Crippen molar-refractivity contribution < 1.29 is 22.6 Å². The second-order valence-corrected chi connectivity index (χ2v) is 7.41. The van der Waals surface area contributed by atoms with Crippen LogP contribution in [0.25, 0.3) is 5.78 Å². The molecule has 0 atom stereocenters. The van der Waals surface area contributed by atoms with Crippen LogP contribution in [0.5, 0.6) is 11.5 Å². The van der Waals surface area contributed by atoms with Gasteiger partial charge in [-0.15, -0.1) is 5.10 Å². The van der Waals surface area contributed by atoms with E-state index in [0.717, 1.165) is 18.5 Å². The molecule has 4 rings (SSSR count). The number of alkyl halides is 3. The summed E-state index contributed by atoms with van der Waals surface area (Å²) >= 11 is 0. The van der Waals surface area contributed by atoms with Gasteiger partial charge in [0.15, 0.2) is 0 Å². The van der Waals surface area contributed by atoms with Crippen LogP contribution < -0.4 is 19.7 Å². The predicted molar refractivity (Wildman–Crippen MR) is 109 cm³/mol. The van der Waals surface area contributed by atoms with Crippen LogP contribution in [0.4, 0.5) is 24.7 Å². The Labute approximate surface area is 177 Å². The van der Waals surface area contributed by atoms with Crippen LogP contribution in [0.15, 0.2) is 24.3 Å². The number of methoxy groups -OCH3 is 2. The minimum Gasteiger partial charge on any atom is -0.497 e. The standard InChI is InChI=1S/C20H23F3N6O2/c1-12-8-17(29-19(24-12)26-18(27-29)20(21,22)23)28-6-4-13(5-7-28)25-14-9-15(30-2)11-16(10-14)31-3/h8-11,13,25H,4-7H2,1-3H3. The van der Waals surface area contributed by atoms with Gasteiger partial charge in [-0.05, 0) is 19.8 Å². The minimum atomic E-state index is -4.62. The molecule has 1 aliphatic rings. The van der Waals surface area contributed by atoms with Gasteiger partial charge >= 0.3 is 6.18 Å². The summed E-state index contributed by atoms with van der Waals surface area (Å²) in [5.74, 6) is 0.717. The van der Waals surface area contributed by atoms with E-state index in [1.807, 2.05) is 17.0 Å². The number of rotatable bonds is 5. The van der Waals surface area contributed by atoms with Crippen molar-refractivity contribution in [1.29, 1.82) is 0 Å². The lowest BCUT2D eigenvalue weighted by atomic mass is 10.0. The SMILES string of the molecule is COc1cc(NC2CCN(c3cc(C)nc4nc(C(F)(F)F)nn34)CC2)cc(OC)c1. The Kier molecular flexibility index (Phi) is 5.50. The maximum atomic E-state index is 13.1. The van der Waals surface area contributed by atoms with Gasteiger partial charge in [0, 0.05) is 54.8 Å². The molecule has 0 bridgehead atoms. The van der Waals surface area contributed by atoms with Crippen molar-refractivity contribution in [3.05, 3.63) is 35.8 Å². The number of nitrogens with one attached hydrogen (secondary N) is 1. The molecule has 1 fully saturated rings. The summed E-state index contributed by atoms with van der Waals surface area (Å²) in [6, 6.07) is 7.55. The van der Waals surface area contributed by atoms with Crippen molar-refractivity contribution >= 4 is 17.3 Å². The number of benzene rings is 1. The summed E-state index contributed by atoms with van der Waals surface area (Å²) in [6.45, 7) is 3.03. The molecule has 1 aliphatic heterocycles. The average Bonchev–Trinajstić information content (AvgIpc) is 3.18. The highest BCUT2D eigenvalue weighted by atomic mass is 19.4. The molecule has 0 saturated carbocycles. The summed E-state index contributed by atoms with van der Waals surface area (Å²) in [6.07, 6.45) is -3.03. The molecule has 8 nitrogen and oxygen atoms in total. The van der Waals surface area contributed by atoms with E-state index in [2.05, 4.69) is 20.4 Å². The first-order valence-electron chi connectivity index (χ1n) is 9.83. The van der Waals surface area contributed by atoms with E-state index in [1.54, 1.807) is 33.3 Å². The second kappa shape index (κ2) is 8.12. The molecule has 1 N–H and O–H groups in total. The quantitative estimate of drug-likeness (QED) is 0.656. The molecule has 11 heteroatoms. The van der Waals surface area contributed by atoms with Crippen LogP contribution in [0.1, 0.15) is 24.4 Å². The van der Waals surface area contributed by atoms with Crippen LogP contribution in [0, 0.1) is 6.92 Å². The molecule has 166 valence electrons. The molecule has 31 heavy (non-hydrogen) atoms. The van der Waals surface area contributed by atoms with E-state index in [9.17, 15) is 13.2 Å². The largest absolute Gasteiger partial charge is 0.497 e. The fraction of sp³-hybridized carbons (Fsp3) is 0.450. The Morgan fingerprint density at radius 1 is 1.00 bits per heavy atom. The molecule has 0 unspecified atom stereocenters. The third kappa shape index (κ3) is 4.44. The molecule has 1 saturated heterocycles. The number of ether oxygens (including phenoxy) is 2. The van der Waals surface area contributed by atoms with Crippen molar-refractivity contribution in [1.82, 2.24) is 19.6 Å². The van der Waals surface area contributed by atoms with Gasteiger partial charge in [-0.1, -0.05) is 0 Å². The molecule has 3 aromatic rings. The Morgan fingerprint density at radius 3 is 2.23 bits per heavy atom. The number of aromatic nitrogens is 4. The first kappa shape index (κ1) is 21.0. The van der Waals surface area contributed by atoms with Gasteiger partial charge in [0.25, 0.3) is 11.6 Å². The summed E-state index contributed by atoms with van der Waals surface area (Å²) in [7, 11) is 3.20. The van der Waals surface area contributed by atoms with E-state index in [1.165, 1.54) is 4.52 Å². The number of halogens is 3. The zero-order valence-corrected chi connectivity index (χ0v) is 17.4. The Hall–Kier alpha value is -3.24. The molecule has 2 aromatic heterocycles. The van der Waals surface area contributed by atoms with Crippen molar-refractivity contribution in [2.75, 3.05) is 37.5 Å². The van der Waals surface area contributed by atoms with Crippen LogP contribution in [-0.4, -0.2) is 52.9 Å². The smallest absolute Gasteiger partial charge is 0.453 e. The second-order valence-electron chi connectivity index (χ2n) is 7.41. The number of nitrogens with zero attached hydrogens (tertiary/aromatic N) is 5. The number of aryl methyl sites for hydroxylation is 1. The summed E-state index contributed by atoms with van der Waals surface area (Å²) in [5, 5.41) is 7.15. The number of fused-ring (bicyclic) bond motifs is 1. The summed E-state index contributed by atoms with van der Waals surface area (Å²) in [4.78, 5) is 9.67. The Bertz CT molecular complexity index is 1050. The van der Waals surface area contributed by atoms with Crippen molar-refractivity contribution in [3.63, 3.8) is 0 Å². The molecule has 0 amide bonds. The lowest BCUT2D eigenvalue weighted by Crippen LogP contribution is -2.40. The predicted octanol–water partition coefficient (Wildman–Crippen LogP) is 3.55. The highest BCUT2D eigenvalue weighted by molar-refractivity contribution is 5.55. The average molecular weight is 436 g/mol. The van der Waals surface area contributed by atoms with E-state index < -0.39 is 12.0 Å². The number of hydrogen-bond donors (Lipinski definition) is 1. The molecular weight excluding hydrogens is 413 g/mol. The third-order valence-electron chi connectivity index (χ3n) is 5.22. The van der Waals surface area contributed by atoms with Gasteiger partial charge in [0.2, 0.25) is 0 Å². The molecule has 0 aliphatic carbocycles. The first-order valence-corrected chi connectivity index (χ1v) is 9.83. The summed E-state index contributed by atoms with van der Waals surface area (Å²) < 4.78 is 51.0. The zero-order chi connectivity index (χ0) is 22.2. The van der Waals surface area contributed by atoms with Crippen molar-refractivity contribution in [2.45, 2.75) is 32.0 Å². The fourth-order valence-corrected chi connectivity index (χ4v) is 3.69. The maximum absolute atomic E-state index is 13.1. The third-order valence-corrected chi connectivity index (χ3v) is 5.22. The molecule has 3 heterocycles. The Morgan fingerprint density at radius 2 is 1.65 bits per heavy atom. The monoisotopic (exact) mass is 436 g/mol. The molecule has 0 spiro atoms. The number of anilines is 2. The van der Waals surface area contributed by atoms with Crippen LogP contribution in [-0.2, 0) is 6.18 Å². The van der Waals surface area contributed by atoms with E-state index >= 15 is 0 Å². The van der Waals surface area contributed by atoms with E-state index in [4.69, 9.17) is 9.47 Å². The highest BCUT2D eigenvalue weighted by Crippen LogP contribution is 2.30. The normalized spacial score (nSPS) is 15.4. The number of hydrogen-bond acceptors (Lipinski definition) is 7. The van der Waals surface area contributed by atoms with Crippen LogP contribution in [0.3, 0.4) is 0 Å². The first-order chi connectivity index (χ1) is 14.8. The lowest BCUT2D eigenvalue weighted by Gasteiger charge is -2.34. The summed E-state index contributed by atoms with van der Waals surface area (Å²) in [5.41, 5.74) is 1.48. The van der Waals surface area contributed by atoms with E-state index in [0.29, 0.717) is 36.1 Å². The zero-order valence-electron chi connectivity index (χ0n) is 17.4. The maximum Gasteiger partial charge on any atom is 0.453 e. The molecule has 1 aromatic carbocycles. The van der Waals surface area contributed by atoms with E-state index in [-0.39, 0.29) is 11.8 Å². The van der Waals surface area contributed by atoms with Crippen LogP contribution >= 0.6 is 0 Å². The van der Waals surface area contributed by atoms with Gasteiger partial charge in [-0.25, -0.2) is 4.98 Å². The van der Waals surface area contributed by atoms with Gasteiger partial charge in [0.1, 0.15) is 17.3 Å². The van der Waals surface area contributed by atoms with Gasteiger partial charge in [-0.3, -0.25) is 0 Å². The van der Waals surface area contributed by atoms with Gasteiger partial charge in [0.05, 0.1) is 14.2 Å². The number of piperidine rings is 1. The van der Waals surface area contributed by atoms with Crippen molar-refractivity contribution in [3.8, 4) is 11.5 Å². The Balaban J connectivity index is 1.50. The minimum absolute atomic E-state index is 0.0500. The topological polar surface area (TPSA) is 76.8 Å². The fourth-order valence-electron chi connectivity index (χ4n) is 3.69. The van der Waals surface area contributed by atoms with Gasteiger partial charge in [-0.2, -0.15) is 22.7 Å². The van der Waals surface area contributed by atoms with Crippen molar-refractivity contribution in [2.24, 2.45) is 0 Å². The van der Waals surface area contributed by atoms with Gasteiger partial charge < -0.3 is 19.7 Å². The molecular formula is C20H23F3N6O2.